The predicted molar refractivity (Wildman–Crippen MR) is 77.8 cm³/mol. The smallest absolute Gasteiger partial charge is 0.115 e. The van der Waals surface area contributed by atoms with Gasteiger partial charge in [0.15, 0.2) is 0 Å². The summed E-state index contributed by atoms with van der Waals surface area (Å²) in [6, 6.07) is 7.09. The minimum absolute atomic E-state index is 0.104. The van der Waals surface area contributed by atoms with E-state index in [0.29, 0.717) is 5.75 Å². The van der Waals surface area contributed by atoms with E-state index in [1.54, 1.807) is 12.1 Å². The van der Waals surface area contributed by atoms with Crippen molar-refractivity contribution in [3.63, 3.8) is 0 Å². The Bertz CT molecular complexity index is 257. The molecule has 1 aromatic carbocycles. The van der Waals surface area contributed by atoms with Crippen LogP contribution in [-0.2, 0) is 0 Å². The van der Waals surface area contributed by atoms with Crippen LogP contribution in [0.1, 0.15) is 52.0 Å². The lowest BCUT2D eigenvalue weighted by Crippen LogP contribution is -1.98. The van der Waals surface area contributed by atoms with Crippen molar-refractivity contribution >= 4 is 0 Å². The van der Waals surface area contributed by atoms with Gasteiger partial charge in [0.1, 0.15) is 5.75 Å². The molecule has 0 bridgehead atoms. The molecule has 2 N–H and O–H groups in total. The molecule has 0 aliphatic carbocycles. The number of hydrogen-bond donors (Lipinski definition) is 2. The van der Waals surface area contributed by atoms with Crippen LogP contribution in [0.15, 0.2) is 24.3 Å². The number of aryl methyl sites for hydroxylation is 1. The Kier molecular flexibility index (Phi) is 9.39. The van der Waals surface area contributed by atoms with E-state index in [9.17, 15) is 0 Å². The summed E-state index contributed by atoms with van der Waals surface area (Å²) < 4.78 is 0. The van der Waals surface area contributed by atoms with Gasteiger partial charge in [-0.3, -0.25) is 0 Å². The summed E-state index contributed by atoms with van der Waals surface area (Å²) in [5, 5.41) is 17.7. The fourth-order valence-electron chi connectivity index (χ4n) is 1.54. The Hall–Kier alpha value is -1.02. The van der Waals surface area contributed by atoms with E-state index >= 15 is 0 Å². The minimum atomic E-state index is -0.104. The van der Waals surface area contributed by atoms with Gasteiger partial charge in [-0.2, -0.15) is 0 Å². The maximum Gasteiger partial charge on any atom is 0.115 e. The normalized spacial score (nSPS) is 11.9. The van der Waals surface area contributed by atoms with Gasteiger partial charge < -0.3 is 10.2 Å². The van der Waals surface area contributed by atoms with Crippen molar-refractivity contribution in [2.75, 3.05) is 0 Å². The Morgan fingerprint density at radius 3 is 1.83 bits per heavy atom. The van der Waals surface area contributed by atoms with Crippen LogP contribution in [-0.4, -0.2) is 16.3 Å². The van der Waals surface area contributed by atoms with E-state index in [0.717, 1.165) is 12.3 Å². The molecule has 0 aliphatic heterocycles. The molecule has 0 spiro atoms. The molecule has 0 radical (unpaired) electrons. The number of aliphatic hydroxyl groups is 1. The van der Waals surface area contributed by atoms with Gasteiger partial charge in [-0.15, -0.1) is 0 Å². The van der Waals surface area contributed by atoms with Crippen LogP contribution in [0, 0.1) is 12.8 Å². The molecule has 1 atom stereocenters. The number of aliphatic hydroxyl groups excluding tert-OH is 1. The fourth-order valence-corrected chi connectivity index (χ4v) is 1.54. The van der Waals surface area contributed by atoms with Crippen LogP contribution >= 0.6 is 0 Å². The van der Waals surface area contributed by atoms with Crippen molar-refractivity contribution in [3.05, 3.63) is 29.8 Å². The Balaban J connectivity index is 0.000000327. The van der Waals surface area contributed by atoms with E-state index in [2.05, 4.69) is 13.8 Å². The molecule has 0 saturated carbocycles. The SMILES string of the molecule is CC(C)CCCCC(C)O.Cc1ccc(O)cc1. The third kappa shape index (κ3) is 11.5. The van der Waals surface area contributed by atoms with E-state index in [4.69, 9.17) is 10.2 Å². The highest BCUT2D eigenvalue weighted by Crippen LogP contribution is 2.09. The van der Waals surface area contributed by atoms with Crippen molar-refractivity contribution < 1.29 is 10.2 Å². The largest absolute Gasteiger partial charge is 0.508 e. The summed E-state index contributed by atoms with van der Waals surface area (Å²) in [7, 11) is 0. The second-order valence-corrected chi connectivity index (χ2v) is 5.36. The highest BCUT2D eigenvalue weighted by molar-refractivity contribution is 5.24. The summed E-state index contributed by atoms with van der Waals surface area (Å²) in [5.74, 6) is 1.14. The number of hydrogen-bond acceptors (Lipinski definition) is 2. The molecule has 0 fully saturated rings. The van der Waals surface area contributed by atoms with Gasteiger partial charge in [0.2, 0.25) is 0 Å². The summed E-state index contributed by atoms with van der Waals surface area (Å²) in [6.45, 7) is 8.32. The lowest BCUT2D eigenvalue weighted by atomic mass is 10.0. The molecular formula is C16H28O2. The van der Waals surface area contributed by atoms with Gasteiger partial charge in [-0.1, -0.05) is 50.8 Å². The zero-order valence-corrected chi connectivity index (χ0v) is 12.2. The maximum absolute atomic E-state index is 8.92. The van der Waals surface area contributed by atoms with Gasteiger partial charge >= 0.3 is 0 Å². The highest BCUT2D eigenvalue weighted by Gasteiger charge is 1.96. The molecule has 104 valence electrons. The first-order valence-corrected chi connectivity index (χ1v) is 6.85. The van der Waals surface area contributed by atoms with Gasteiger partial charge in [-0.25, -0.2) is 0 Å². The average molecular weight is 252 g/mol. The number of aromatic hydroxyl groups is 1. The van der Waals surface area contributed by atoms with E-state index < -0.39 is 0 Å². The van der Waals surface area contributed by atoms with Crippen molar-refractivity contribution in [2.24, 2.45) is 5.92 Å². The Morgan fingerprint density at radius 1 is 0.944 bits per heavy atom. The fraction of sp³-hybridized carbons (Fsp3) is 0.625. The molecule has 1 unspecified atom stereocenters. The molecule has 0 heterocycles. The topological polar surface area (TPSA) is 40.5 Å². The molecule has 0 amide bonds. The molecule has 2 nitrogen and oxygen atoms in total. The van der Waals surface area contributed by atoms with Crippen molar-refractivity contribution in [1.82, 2.24) is 0 Å². The van der Waals surface area contributed by atoms with Gasteiger partial charge in [0, 0.05) is 0 Å². The van der Waals surface area contributed by atoms with Crippen LogP contribution in [0.5, 0.6) is 5.75 Å². The summed E-state index contributed by atoms with van der Waals surface area (Å²) in [5.41, 5.74) is 1.17. The van der Waals surface area contributed by atoms with Crippen LogP contribution in [0.25, 0.3) is 0 Å². The number of phenols is 1. The molecule has 1 rings (SSSR count). The molecule has 0 aliphatic rings. The summed E-state index contributed by atoms with van der Waals surface area (Å²) in [6.07, 6.45) is 4.60. The third-order valence-electron chi connectivity index (χ3n) is 2.69. The lowest BCUT2D eigenvalue weighted by Gasteiger charge is -2.05. The second kappa shape index (κ2) is 9.95. The third-order valence-corrected chi connectivity index (χ3v) is 2.69. The molecular weight excluding hydrogens is 224 g/mol. The first-order valence-electron chi connectivity index (χ1n) is 6.85. The number of unbranched alkanes of at least 4 members (excludes halogenated alkanes) is 1. The van der Waals surface area contributed by atoms with Crippen LogP contribution in [0.4, 0.5) is 0 Å². The zero-order valence-electron chi connectivity index (χ0n) is 12.2. The van der Waals surface area contributed by atoms with Gasteiger partial charge in [0.25, 0.3) is 0 Å². The summed E-state index contributed by atoms with van der Waals surface area (Å²) in [4.78, 5) is 0. The van der Waals surface area contributed by atoms with Crippen LogP contribution in [0.2, 0.25) is 0 Å². The standard InChI is InChI=1S/C9H20O.C7H8O/c1-8(2)6-4-5-7-9(3)10;1-6-2-4-7(8)5-3-6/h8-10H,4-7H2,1-3H3;2-5,8H,1H3. The number of benzene rings is 1. The molecule has 18 heavy (non-hydrogen) atoms. The van der Waals surface area contributed by atoms with E-state index in [1.165, 1.54) is 24.8 Å². The van der Waals surface area contributed by atoms with Crippen molar-refractivity contribution in [2.45, 2.75) is 59.5 Å². The van der Waals surface area contributed by atoms with Gasteiger partial charge in [-0.05, 0) is 38.3 Å². The van der Waals surface area contributed by atoms with Crippen molar-refractivity contribution in [1.29, 1.82) is 0 Å². The van der Waals surface area contributed by atoms with E-state index in [-0.39, 0.29) is 6.10 Å². The van der Waals surface area contributed by atoms with Crippen molar-refractivity contribution in [3.8, 4) is 5.75 Å². The summed E-state index contributed by atoms with van der Waals surface area (Å²) >= 11 is 0. The average Bonchev–Trinajstić information content (AvgIpc) is 2.29. The molecule has 0 aromatic heterocycles. The van der Waals surface area contributed by atoms with Gasteiger partial charge in [0.05, 0.1) is 6.10 Å². The minimum Gasteiger partial charge on any atom is -0.508 e. The van der Waals surface area contributed by atoms with Crippen LogP contribution < -0.4 is 0 Å². The zero-order chi connectivity index (χ0) is 14.0. The van der Waals surface area contributed by atoms with E-state index in [1.807, 2.05) is 26.0 Å². The lowest BCUT2D eigenvalue weighted by molar-refractivity contribution is 0.180. The molecule has 1 aromatic rings. The molecule has 2 heteroatoms. The predicted octanol–water partition coefficient (Wildman–Crippen LogP) is 4.28. The highest BCUT2D eigenvalue weighted by atomic mass is 16.3. The number of rotatable bonds is 5. The quantitative estimate of drug-likeness (QED) is 0.768. The molecule has 0 saturated heterocycles. The Labute approximate surface area is 112 Å². The van der Waals surface area contributed by atoms with Crippen LogP contribution in [0.3, 0.4) is 0 Å². The first-order chi connectivity index (χ1) is 8.41. The Morgan fingerprint density at radius 2 is 1.44 bits per heavy atom. The maximum atomic E-state index is 8.92. The number of phenolic OH excluding ortho intramolecular Hbond substituents is 1. The first kappa shape index (κ1) is 17.0. The monoisotopic (exact) mass is 252 g/mol. The second-order valence-electron chi connectivity index (χ2n) is 5.36.